The zero-order valence-electron chi connectivity index (χ0n) is 12.1. The first-order chi connectivity index (χ1) is 9.04. The van der Waals surface area contributed by atoms with E-state index in [1.165, 1.54) is 0 Å². The quantitative estimate of drug-likeness (QED) is 0.790. The molecular formula is C15H25N3O. The lowest BCUT2D eigenvalue weighted by Gasteiger charge is -2.14. The van der Waals surface area contributed by atoms with Crippen LogP contribution < -0.4 is 16.0 Å². The molecule has 0 saturated heterocycles. The van der Waals surface area contributed by atoms with Crippen molar-refractivity contribution < 1.29 is 4.79 Å². The van der Waals surface area contributed by atoms with Crippen LogP contribution in [0.3, 0.4) is 0 Å². The molecular weight excluding hydrogens is 238 g/mol. The minimum absolute atomic E-state index is 0.0647. The van der Waals surface area contributed by atoms with Crippen LogP contribution in [0.4, 0.5) is 5.69 Å². The molecule has 19 heavy (non-hydrogen) atoms. The first-order valence-corrected chi connectivity index (χ1v) is 6.84. The maximum Gasteiger partial charge on any atom is 0.237 e. The molecule has 1 aromatic carbocycles. The third-order valence-corrected chi connectivity index (χ3v) is 3.12. The van der Waals surface area contributed by atoms with Crippen molar-refractivity contribution in [2.45, 2.75) is 38.8 Å². The molecule has 1 amide bonds. The van der Waals surface area contributed by atoms with E-state index in [1.54, 1.807) is 0 Å². The number of nitrogens with zero attached hydrogens (tertiary/aromatic N) is 1. The largest absolute Gasteiger partial charge is 0.378 e. The van der Waals surface area contributed by atoms with Crippen LogP contribution in [-0.2, 0) is 11.3 Å². The van der Waals surface area contributed by atoms with Gasteiger partial charge in [0, 0.05) is 26.3 Å². The highest BCUT2D eigenvalue weighted by molar-refractivity contribution is 5.81. The summed E-state index contributed by atoms with van der Waals surface area (Å²) in [7, 11) is 4.01. The van der Waals surface area contributed by atoms with Crippen molar-refractivity contribution in [3.05, 3.63) is 29.8 Å². The Hall–Kier alpha value is -1.55. The van der Waals surface area contributed by atoms with Crippen LogP contribution in [0.25, 0.3) is 0 Å². The van der Waals surface area contributed by atoms with Gasteiger partial charge in [0.05, 0.1) is 6.04 Å². The van der Waals surface area contributed by atoms with E-state index >= 15 is 0 Å². The van der Waals surface area contributed by atoms with Crippen molar-refractivity contribution in [3.8, 4) is 0 Å². The summed E-state index contributed by atoms with van der Waals surface area (Å²) in [5, 5.41) is 2.88. The average molecular weight is 263 g/mol. The molecule has 4 nitrogen and oxygen atoms in total. The molecule has 0 aromatic heterocycles. The normalized spacial score (nSPS) is 12.0. The predicted molar refractivity (Wildman–Crippen MR) is 80.1 cm³/mol. The molecule has 0 aliphatic carbocycles. The number of carbonyl (C=O) groups is 1. The van der Waals surface area contributed by atoms with Crippen molar-refractivity contribution in [1.82, 2.24) is 5.32 Å². The van der Waals surface area contributed by atoms with Crippen molar-refractivity contribution in [2.75, 3.05) is 19.0 Å². The SMILES string of the molecule is CCCCC(N)C(=O)NCc1ccc(N(C)C)cc1. The summed E-state index contributed by atoms with van der Waals surface area (Å²) in [5.41, 5.74) is 8.05. The summed E-state index contributed by atoms with van der Waals surface area (Å²) in [4.78, 5) is 13.8. The summed E-state index contributed by atoms with van der Waals surface area (Å²) in [6.45, 7) is 2.63. The Morgan fingerprint density at radius 1 is 1.32 bits per heavy atom. The molecule has 0 spiro atoms. The molecule has 106 valence electrons. The Labute approximate surface area is 116 Å². The molecule has 0 radical (unpaired) electrons. The van der Waals surface area contributed by atoms with Crippen LogP contribution in [0, 0.1) is 0 Å². The lowest BCUT2D eigenvalue weighted by molar-refractivity contribution is -0.122. The number of anilines is 1. The maximum absolute atomic E-state index is 11.8. The van der Waals surface area contributed by atoms with Gasteiger partial charge in [-0.3, -0.25) is 4.79 Å². The molecule has 0 heterocycles. The second kappa shape index (κ2) is 7.79. The van der Waals surface area contributed by atoms with E-state index in [2.05, 4.69) is 12.2 Å². The van der Waals surface area contributed by atoms with Crippen LogP contribution in [0.2, 0.25) is 0 Å². The van der Waals surface area contributed by atoms with Gasteiger partial charge in [-0.25, -0.2) is 0 Å². The second-order valence-electron chi connectivity index (χ2n) is 5.03. The first kappa shape index (κ1) is 15.5. The fraction of sp³-hybridized carbons (Fsp3) is 0.533. The van der Waals surface area contributed by atoms with Gasteiger partial charge in [-0.15, -0.1) is 0 Å². The molecule has 4 heteroatoms. The summed E-state index contributed by atoms with van der Waals surface area (Å²) in [6.07, 6.45) is 2.81. The molecule has 0 saturated carbocycles. The predicted octanol–water partition coefficient (Wildman–Crippen LogP) is 1.89. The van der Waals surface area contributed by atoms with E-state index in [0.29, 0.717) is 6.54 Å². The van der Waals surface area contributed by atoms with E-state index in [0.717, 1.165) is 30.5 Å². The third kappa shape index (κ3) is 5.30. The molecule has 0 aliphatic rings. The number of carbonyl (C=O) groups excluding carboxylic acids is 1. The van der Waals surface area contributed by atoms with Crippen LogP contribution in [-0.4, -0.2) is 26.0 Å². The van der Waals surface area contributed by atoms with Crippen molar-refractivity contribution >= 4 is 11.6 Å². The van der Waals surface area contributed by atoms with E-state index < -0.39 is 0 Å². The molecule has 0 bridgehead atoms. The fourth-order valence-corrected chi connectivity index (χ4v) is 1.79. The highest BCUT2D eigenvalue weighted by Gasteiger charge is 2.11. The summed E-state index contributed by atoms with van der Waals surface area (Å²) < 4.78 is 0. The van der Waals surface area contributed by atoms with Gasteiger partial charge >= 0.3 is 0 Å². The van der Waals surface area contributed by atoms with Crippen molar-refractivity contribution in [3.63, 3.8) is 0 Å². The molecule has 0 fully saturated rings. The van der Waals surface area contributed by atoms with Gasteiger partial charge in [0.1, 0.15) is 0 Å². The van der Waals surface area contributed by atoms with E-state index in [9.17, 15) is 4.79 Å². The smallest absolute Gasteiger partial charge is 0.237 e. The molecule has 1 atom stereocenters. The Balaban J connectivity index is 2.41. The van der Waals surface area contributed by atoms with E-state index in [1.807, 2.05) is 43.3 Å². The van der Waals surface area contributed by atoms with Crippen LogP contribution >= 0.6 is 0 Å². The van der Waals surface area contributed by atoms with Gasteiger partial charge in [0.15, 0.2) is 0 Å². The minimum atomic E-state index is -0.388. The van der Waals surface area contributed by atoms with Gasteiger partial charge < -0.3 is 16.0 Å². The average Bonchev–Trinajstić information content (AvgIpc) is 2.42. The molecule has 0 aliphatic heterocycles. The van der Waals surface area contributed by atoms with Gasteiger partial charge in [0.25, 0.3) is 0 Å². The topological polar surface area (TPSA) is 58.4 Å². The van der Waals surface area contributed by atoms with Crippen LogP contribution in [0.1, 0.15) is 31.7 Å². The maximum atomic E-state index is 11.8. The van der Waals surface area contributed by atoms with Gasteiger partial charge in [-0.2, -0.15) is 0 Å². The third-order valence-electron chi connectivity index (χ3n) is 3.12. The van der Waals surface area contributed by atoms with Crippen LogP contribution in [0.15, 0.2) is 24.3 Å². The van der Waals surface area contributed by atoms with Crippen LogP contribution in [0.5, 0.6) is 0 Å². The minimum Gasteiger partial charge on any atom is -0.378 e. The monoisotopic (exact) mass is 263 g/mol. The fourth-order valence-electron chi connectivity index (χ4n) is 1.79. The number of nitrogens with one attached hydrogen (secondary N) is 1. The summed E-state index contributed by atoms with van der Waals surface area (Å²) >= 11 is 0. The standard InChI is InChI=1S/C15H25N3O/c1-4-5-6-14(16)15(19)17-11-12-7-9-13(10-8-12)18(2)3/h7-10,14H,4-6,11,16H2,1-3H3,(H,17,19). The van der Waals surface area contributed by atoms with Gasteiger partial charge in [0.2, 0.25) is 5.91 Å². The summed E-state index contributed by atoms with van der Waals surface area (Å²) in [6, 6.07) is 7.73. The van der Waals surface area contributed by atoms with Crippen molar-refractivity contribution in [2.24, 2.45) is 5.73 Å². The van der Waals surface area contributed by atoms with Crippen molar-refractivity contribution in [1.29, 1.82) is 0 Å². The zero-order valence-corrected chi connectivity index (χ0v) is 12.1. The molecule has 1 rings (SSSR count). The van der Waals surface area contributed by atoms with E-state index in [4.69, 9.17) is 5.73 Å². The first-order valence-electron chi connectivity index (χ1n) is 6.84. The Kier molecular flexibility index (Phi) is 6.36. The zero-order chi connectivity index (χ0) is 14.3. The second-order valence-corrected chi connectivity index (χ2v) is 5.03. The molecule has 3 N–H and O–H groups in total. The highest BCUT2D eigenvalue weighted by Crippen LogP contribution is 2.12. The number of nitrogens with two attached hydrogens (primary N) is 1. The molecule has 1 aromatic rings. The number of hydrogen-bond donors (Lipinski definition) is 2. The number of unbranched alkanes of at least 4 members (excludes halogenated alkanes) is 1. The Bertz CT molecular complexity index is 387. The Morgan fingerprint density at radius 3 is 2.47 bits per heavy atom. The lowest BCUT2D eigenvalue weighted by Crippen LogP contribution is -2.40. The Morgan fingerprint density at radius 2 is 1.95 bits per heavy atom. The highest BCUT2D eigenvalue weighted by atomic mass is 16.2. The number of benzene rings is 1. The number of rotatable bonds is 7. The van der Waals surface area contributed by atoms with E-state index in [-0.39, 0.29) is 11.9 Å². The molecule has 1 unspecified atom stereocenters. The van der Waals surface area contributed by atoms with Gasteiger partial charge in [-0.1, -0.05) is 31.9 Å². The number of hydrogen-bond acceptors (Lipinski definition) is 3. The summed E-state index contributed by atoms with van der Waals surface area (Å²) in [5.74, 6) is -0.0647. The number of amides is 1. The lowest BCUT2D eigenvalue weighted by atomic mass is 10.1. The van der Waals surface area contributed by atoms with Gasteiger partial charge in [-0.05, 0) is 24.1 Å².